The summed E-state index contributed by atoms with van der Waals surface area (Å²) in [4.78, 5) is 25.9. The first kappa shape index (κ1) is 30.8. The molecular formula is C24H27Cl2F3N4O5S. The van der Waals surface area contributed by atoms with Gasteiger partial charge in [-0.05, 0) is 55.3 Å². The van der Waals surface area contributed by atoms with Gasteiger partial charge in [0.1, 0.15) is 5.75 Å². The lowest BCUT2D eigenvalue weighted by atomic mass is 10.0. The van der Waals surface area contributed by atoms with Crippen molar-refractivity contribution in [1.29, 1.82) is 0 Å². The summed E-state index contributed by atoms with van der Waals surface area (Å²) in [7, 11) is -3.63. The molecule has 0 saturated carbocycles. The fourth-order valence-electron chi connectivity index (χ4n) is 4.28. The molecule has 1 aliphatic rings. The zero-order valence-corrected chi connectivity index (χ0v) is 23.1. The zero-order chi connectivity index (χ0) is 29.0. The van der Waals surface area contributed by atoms with Crippen LogP contribution >= 0.6 is 23.2 Å². The van der Waals surface area contributed by atoms with E-state index in [0.29, 0.717) is 25.9 Å². The SMILES string of the molecule is CCS(=O)(=O)c1ccc(Cl)cc1CNC(=O)c1cc(Cl)c(CN2CCCC(NC(N)=O)C2)c(OC(F)(F)F)c1. The highest BCUT2D eigenvalue weighted by Crippen LogP contribution is 2.34. The second-order valence-electron chi connectivity index (χ2n) is 8.90. The van der Waals surface area contributed by atoms with Crippen LogP contribution in [0.15, 0.2) is 35.2 Å². The number of likely N-dealkylation sites (tertiary alicyclic amines) is 1. The number of ether oxygens (including phenoxy) is 1. The van der Waals surface area contributed by atoms with Crippen LogP contribution in [0.4, 0.5) is 18.0 Å². The number of rotatable bonds is 9. The Bertz CT molecular complexity index is 1340. The molecule has 1 aliphatic heterocycles. The van der Waals surface area contributed by atoms with Crippen molar-refractivity contribution in [2.24, 2.45) is 5.73 Å². The van der Waals surface area contributed by atoms with Crippen molar-refractivity contribution in [2.45, 2.75) is 50.2 Å². The molecule has 3 rings (SSSR count). The van der Waals surface area contributed by atoms with Gasteiger partial charge in [-0.2, -0.15) is 0 Å². The van der Waals surface area contributed by atoms with Gasteiger partial charge in [-0.1, -0.05) is 30.1 Å². The van der Waals surface area contributed by atoms with E-state index in [-0.39, 0.29) is 56.5 Å². The van der Waals surface area contributed by atoms with E-state index in [0.717, 1.165) is 6.07 Å². The predicted octanol–water partition coefficient (Wildman–Crippen LogP) is 4.25. The number of hydrogen-bond acceptors (Lipinski definition) is 6. The number of benzene rings is 2. The summed E-state index contributed by atoms with van der Waals surface area (Å²) in [6.07, 6.45) is -3.74. The summed E-state index contributed by atoms with van der Waals surface area (Å²) < 4.78 is 68.8. The Morgan fingerprint density at radius 3 is 2.56 bits per heavy atom. The fourth-order valence-corrected chi connectivity index (χ4v) is 5.86. The Morgan fingerprint density at radius 1 is 1.21 bits per heavy atom. The number of carbonyl (C=O) groups is 2. The topological polar surface area (TPSA) is 131 Å². The number of piperidine rings is 1. The van der Waals surface area contributed by atoms with E-state index >= 15 is 0 Å². The Kier molecular flexibility index (Phi) is 9.97. The van der Waals surface area contributed by atoms with Crippen molar-refractivity contribution in [3.63, 3.8) is 0 Å². The molecule has 4 N–H and O–H groups in total. The first-order valence-electron chi connectivity index (χ1n) is 11.8. The third kappa shape index (κ3) is 8.62. The van der Waals surface area contributed by atoms with Crippen LogP contribution in [0.2, 0.25) is 10.0 Å². The molecule has 0 radical (unpaired) electrons. The van der Waals surface area contributed by atoms with Gasteiger partial charge in [0.15, 0.2) is 9.84 Å². The first-order valence-corrected chi connectivity index (χ1v) is 14.2. The molecule has 0 aliphatic carbocycles. The predicted molar refractivity (Wildman–Crippen MR) is 140 cm³/mol. The molecule has 3 amide bonds. The number of carbonyl (C=O) groups excluding carboxylic acids is 2. The van der Waals surface area contributed by atoms with Gasteiger partial charge < -0.3 is 21.1 Å². The third-order valence-corrected chi connectivity index (χ3v) is 8.45. The number of nitrogens with one attached hydrogen (secondary N) is 2. The van der Waals surface area contributed by atoms with Crippen LogP contribution in [-0.4, -0.2) is 56.5 Å². The van der Waals surface area contributed by atoms with E-state index < -0.39 is 33.9 Å². The molecule has 1 unspecified atom stereocenters. The minimum atomic E-state index is -5.06. The van der Waals surface area contributed by atoms with E-state index in [2.05, 4.69) is 15.4 Å². The standard InChI is InChI=1S/C24H27Cl2F3N4O5S/c1-2-39(36,37)21-6-5-16(25)8-15(21)11-31-22(34)14-9-19(26)18(20(10-14)38-24(27,28)29)13-33-7-3-4-17(12-33)32-23(30)35/h5-6,8-10,17H,2-4,7,11-13H2,1H3,(H,31,34)(H3,30,32,35). The second kappa shape index (κ2) is 12.6. The minimum absolute atomic E-state index is 0.0106. The lowest BCUT2D eigenvalue weighted by molar-refractivity contribution is -0.275. The monoisotopic (exact) mass is 610 g/mol. The summed E-state index contributed by atoms with van der Waals surface area (Å²) in [6, 6.07) is 5.28. The van der Waals surface area contributed by atoms with E-state index in [4.69, 9.17) is 28.9 Å². The lowest BCUT2D eigenvalue weighted by Gasteiger charge is -2.33. The van der Waals surface area contributed by atoms with Crippen molar-refractivity contribution in [1.82, 2.24) is 15.5 Å². The summed E-state index contributed by atoms with van der Waals surface area (Å²) in [5, 5.41) is 5.20. The Labute approximate surface area is 233 Å². The third-order valence-electron chi connectivity index (χ3n) is 6.05. The molecule has 0 aromatic heterocycles. The number of nitrogens with zero attached hydrogens (tertiary/aromatic N) is 1. The van der Waals surface area contributed by atoms with Crippen molar-refractivity contribution in [3.05, 3.63) is 57.1 Å². The highest BCUT2D eigenvalue weighted by atomic mass is 35.5. The lowest BCUT2D eigenvalue weighted by Crippen LogP contribution is -2.49. The van der Waals surface area contributed by atoms with Crippen LogP contribution in [0.1, 0.15) is 41.3 Å². The van der Waals surface area contributed by atoms with Crippen molar-refractivity contribution < 1.29 is 35.9 Å². The van der Waals surface area contributed by atoms with E-state index in [1.54, 1.807) is 4.90 Å². The molecule has 15 heteroatoms. The molecule has 1 atom stereocenters. The van der Waals surface area contributed by atoms with E-state index in [1.807, 2.05) is 0 Å². The molecule has 2 aromatic rings. The fraction of sp³-hybridized carbons (Fsp3) is 0.417. The van der Waals surface area contributed by atoms with Crippen molar-refractivity contribution in [2.75, 3.05) is 18.8 Å². The molecule has 1 fully saturated rings. The van der Waals surface area contributed by atoms with Crippen LogP contribution in [-0.2, 0) is 22.9 Å². The van der Waals surface area contributed by atoms with Gasteiger partial charge in [-0.15, -0.1) is 13.2 Å². The maximum absolute atomic E-state index is 13.3. The van der Waals surface area contributed by atoms with Gasteiger partial charge in [0.05, 0.1) is 10.6 Å². The number of hydrogen-bond donors (Lipinski definition) is 3. The maximum atomic E-state index is 13.3. The van der Waals surface area contributed by atoms with Crippen LogP contribution in [0.5, 0.6) is 5.75 Å². The van der Waals surface area contributed by atoms with Gasteiger partial charge in [-0.25, -0.2) is 13.2 Å². The molecule has 214 valence electrons. The first-order chi connectivity index (χ1) is 18.2. The molecule has 1 heterocycles. The summed E-state index contributed by atoms with van der Waals surface area (Å²) in [6.45, 7) is 2.03. The summed E-state index contributed by atoms with van der Waals surface area (Å²) in [5.41, 5.74) is 5.18. The quantitative estimate of drug-likeness (QED) is 0.389. The van der Waals surface area contributed by atoms with Gasteiger partial charge in [-0.3, -0.25) is 9.69 Å². The normalized spacial score (nSPS) is 16.5. The van der Waals surface area contributed by atoms with E-state index in [9.17, 15) is 31.2 Å². The highest BCUT2D eigenvalue weighted by molar-refractivity contribution is 7.91. The second-order valence-corrected chi connectivity index (χ2v) is 12.0. The molecule has 39 heavy (non-hydrogen) atoms. The number of urea groups is 1. The number of primary amides is 1. The van der Waals surface area contributed by atoms with Gasteiger partial charge in [0, 0.05) is 46.8 Å². The number of nitrogens with two attached hydrogens (primary N) is 1. The van der Waals surface area contributed by atoms with Crippen molar-refractivity contribution in [3.8, 4) is 5.75 Å². The van der Waals surface area contributed by atoms with Gasteiger partial charge >= 0.3 is 12.4 Å². The van der Waals surface area contributed by atoms with Gasteiger partial charge in [0.2, 0.25) is 0 Å². The van der Waals surface area contributed by atoms with Crippen molar-refractivity contribution >= 4 is 45.0 Å². The molecule has 0 bridgehead atoms. The average Bonchev–Trinajstić information content (AvgIpc) is 2.83. The molecule has 0 spiro atoms. The number of sulfone groups is 1. The number of halogens is 5. The summed E-state index contributed by atoms with van der Waals surface area (Å²) >= 11 is 12.3. The largest absolute Gasteiger partial charge is 0.573 e. The molecule has 9 nitrogen and oxygen atoms in total. The van der Waals surface area contributed by atoms with Crippen LogP contribution in [0.25, 0.3) is 0 Å². The maximum Gasteiger partial charge on any atom is 0.573 e. The van der Waals surface area contributed by atoms with Crippen LogP contribution in [0.3, 0.4) is 0 Å². The van der Waals surface area contributed by atoms with E-state index in [1.165, 1.54) is 31.2 Å². The Morgan fingerprint density at radius 2 is 1.92 bits per heavy atom. The highest BCUT2D eigenvalue weighted by Gasteiger charge is 2.34. The number of amides is 3. The molecular weight excluding hydrogens is 584 g/mol. The zero-order valence-electron chi connectivity index (χ0n) is 20.8. The van der Waals surface area contributed by atoms with Crippen LogP contribution in [0, 0.1) is 0 Å². The number of alkyl halides is 3. The Hall–Kier alpha value is -2.74. The average molecular weight is 611 g/mol. The van der Waals surface area contributed by atoms with Gasteiger partial charge in [0.25, 0.3) is 5.91 Å². The van der Waals surface area contributed by atoms with Crippen LogP contribution < -0.4 is 21.1 Å². The Balaban J connectivity index is 1.85. The smallest absolute Gasteiger partial charge is 0.405 e. The molecule has 2 aromatic carbocycles. The summed E-state index contributed by atoms with van der Waals surface area (Å²) in [5.74, 6) is -1.64. The minimum Gasteiger partial charge on any atom is -0.405 e. The molecule has 1 saturated heterocycles.